The lowest BCUT2D eigenvalue weighted by molar-refractivity contribution is -0.151. The lowest BCUT2D eigenvalue weighted by Crippen LogP contribution is -2.64. The molecule has 21 heteroatoms. The minimum Gasteiger partial charge on any atom is -0.392 e. The number of hydrogen-bond donors (Lipinski definition) is 12. The zero-order valence-electron chi connectivity index (χ0n) is 90.1. The maximum atomic E-state index is 14.4. The number of carbonyl (C=O) groups is 4. The SMILES string of the molecule is CCCCCCCCC(O)CN(CCCCC1NC(=O)C(CCCCN(CC(O)CCCCCCCC)CC(O)CCCCCCCC)N(CC(O)CCCCCCCC)C1=O)CC(O)CCCCCCCC.CCCCCCCCC(O)CN(CCCCC1NC(=O)C(CCCCN(CC(O)CCCCCCCC)CC(O)CCCCCCCC)NC1=O)CC(O)CCCCCCCC. The monoisotopic (exact) mass is 1920 g/mol. The van der Waals surface area contributed by atoms with Gasteiger partial charge in [-0.1, -0.05) is 409 Å². The van der Waals surface area contributed by atoms with Crippen molar-refractivity contribution in [2.75, 3.05) is 85.1 Å². The van der Waals surface area contributed by atoms with Gasteiger partial charge in [-0.05, 0) is 161 Å². The van der Waals surface area contributed by atoms with Crippen LogP contribution in [-0.2, 0) is 19.2 Å². The fraction of sp³-hybridized carbons (Fsp3) is 0.965. The van der Waals surface area contributed by atoms with Crippen molar-refractivity contribution in [3.05, 3.63) is 0 Å². The number of β-amino-alcohol motifs (C(OH)–C–C–N with tert-alkyl or cyclic N) is 1. The van der Waals surface area contributed by atoms with Crippen molar-refractivity contribution in [3.63, 3.8) is 0 Å². The average Bonchev–Trinajstić information content (AvgIpc) is 0.799. The number of aliphatic hydroxyl groups excluding tert-OH is 9. The molecule has 2 saturated heterocycles. The van der Waals surface area contributed by atoms with E-state index in [4.69, 9.17) is 0 Å². The van der Waals surface area contributed by atoms with Crippen molar-refractivity contribution >= 4 is 23.6 Å². The molecule has 0 radical (unpaired) electrons. The standard InChI is InChI=1S/C62H124N4O7.C52H104N4O6/c1-6-11-16-21-26-31-40-54(67)49-64(50-55(68)41-32-27-22-17-12-7-2)47-38-36-45-59-62(73)66(53-58(71)44-35-30-25-20-15-10-5)60(61(72)63-59)46-37-39-48-65(51-56(69)42-33-28-23-18-13-8-3)52-57(70)43-34-29-24-19-14-9-4;1-5-9-13-17-21-25-33-45(57)41-55(42-46(58)34-26-22-18-14-10-6-2)39-31-29-37-49-51(61)54-50(52(62)53-49)38-30-32-40-56(43-47(59)35-27-23-19-15-11-7-3)44-48(60)36-28-24-20-16-12-8-4/h54-60,67-71H,6-53H2,1-5H3,(H,63,72);45-50,57-60H,5-44H2,1-4H3,(H,53,62)(H,54,61). The van der Waals surface area contributed by atoms with Gasteiger partial charge in [-0.25, -0.2) is 0 Å². The molecule has 0 saturated carbocycles. The third-order valence-electron chi connectivity index (χ3n) is 28.9. The fourth-order valence-electron chi connectivity index (χ4n) is 20.2. The molecule has 802 valence electrons. The maximum absolute atomic E-state index is 14.4. The van der Waals surface area contributed by atoms with Gasteiger partial charge in [-0.15, -0.1) is 0 Å². The zero-order chi connectivity index (χ0) is 99.0. The van der Waals surface area contributed by atoms with Crippen LogP contribution in [0.15, 0.2) is 0 Å². The summed E-state index contributed by atoms with van der Waals surface area (Å²) in [6, 6.07) is -2.38. The van der Waals surface area contributed by atoms with Gasteiger partial charge in [0.2, 0.25) is 23.6 Å². The predicted octanol–water partition coefficient (Wildman–Crippen LogP) is 23.5. The molecule has 2 fully saturated rings. The molecule has 0 aromatic carbocycles. The first-order valence-electron chi connectivity index (χ1n) is 58.8. The van der Waals surface area contributed by atoms with Crippen molar-refractivity contribution in [1.29, 1.82) is 0 Å². The molecule has 4 amide bonds. The molecule has 21 nitrogen and oxygen atoms in total. The number of hydrogen-bond acceptors (Lipinski definition) is 17. The molecule has 0 aromatic heterocycles. The molecule has 2 rings (SSSR count). The number of aliphatic hydroxyl groups is 9. The number of nitrogens with zero attached hydrogens (tertiary/aromatic N) is 5. The van der Waals surface area contributed by atoms with E-state index in [1.54, 1.807) is 4.90 Å². The molecular formula is C114H228N8O13. The van der Waals surface area contributed by atoms with E-state index in [9.17, 15) is 65.1 Å². The Morgan fingerprint density at radius 1 is 0.207 bits per heavy atom. The van der Waals surface area contributed by atoms with E-state index in [1.807, 2.05) is 0 Å². The van der Waals surface area contributed by atoms with Crippen LogP contribution in [-0.4, -0.2) is 258 Å². The van der Waals surface area contributed by atoms with Crippen molar-refractivity contribution in [1.82, 2.24) is 40.4 Å². The molecule has 13 atom stereocenters. The summed E-state index contributed by atoms with van der Waals surface area (Å²) in [5.74, 6) is -0.488. The van der Waals surface area contributed by atoms with Crippen LogP contribution < -0.4 is 16.0 Å². The van der Waals surface area contributed by atoms with E-state index in [0.29, 0.717) is 104 Å². The van der Waals surface area contributed by atoms with Crippen LogP contribution in [0.3, 0.4) is 0 Å². The van der Waals surface area contributed by atoms with E-state index in [0.717, 1.165) is 231 Å². The Morgan fingerprint density at radius 2 is 0.378 bits per heavy atom. The number of carbonyl (C=O) groups excluding carboxylic acids is 4. The summed E-state index contributed by atoms with van der Waals surface area (Å²) in [4.78, 5) is 65.4. The normalized spacial score (nSPS) is 17.6. The Kier molecular flexibility index (Phi) is 90.5. The van der Waals surface area contributed by atoms with E-state index < -0.39 is 79.1 Å². The molecule has 0 spiro atoms. The highest BCUT2D eigenvalue weighted by Crippen LogP contribution is 2.26. The zero-order valence-corrected chi connectivity index (χ0v) is 90.1. The summed E-state index contributed by atoms with van der Waals surface area (Å²) >= 11 is 0. The van der Waals surface area contributed by atoms with Gasteiger partial charge in [-0.3, -0.25) is 38.8 Å². The van der Waals surface area contributed by atoms with Crippen LogP contribution >= 0.6 is 0 Å². The molecule has 0 aliphatic carbocycles. The smallest absolute Gasteiger partial charge is 0.245 e. The first kappa shape index (κ1) is 130. The van der Waals surface area contributed by atoms with Gasteiger partial charge >= 0.3 is 0 Å². The second kappa shape index (κ2) is 93.7. The summed E-state index contributed by atoms with van der Waals surface area (Å²) in [6.45, 7) is 27.4. The molecule has 13 unspecified atom stereocenters. The number of amides is 4. The largest absolute Gasteiger partial charge is 0.392 e. The van der Waals surface area contributed by atoms with Crippen LogP contribution in [0.25, 0.3) is 0 Å². The summed E-state index contributed by atoms with van der Waals surface area (Å²) < 4.78 is 0. The number of rotatable bonds is 101. The molecule has 135 heavy (non-hydrogen) atoms. The summed E-state index contributed by atoms with van der Waals surface area (Å²) in [5.41, 5.74) is 0. The molecule has 2 aliphatic rings. The Hall–Kier alpha value is -2.64. The maximum Gasteiger partial charge on any atom is 0.245 e. The molecule has 2 aliphatic heterocycles. The van der Waals surface area contributed by atoms with Gasteiger partial charge in [0.25, 0.3) is 0 Å². The van der Waals surface area contributed by atoms with E-state index in [2.05, 4.69) is 97.9 Å². The Balaban J connectivity index is 0.00000137. The van der Waals surface area contributed by atoms with Crippen LogP contribution in [0.2, 0.25) is 0 Å². The summed E-state index contributed by atoms with van der Waals surface area (Å²) in [7, 11) is 0. The molecule has 12 N–H and O–H groups in total. The van der Waals surface area contributed by atoms with Crippen molar-refractivity contribution in [3.8, 4) is 0 Å². The number of unbranched alkanes of at least 4 members (excludes halogenated alkanes) is 49. The van der Waals surface area contributed by atoms with Gasteiger partial charge < -0.3 is 66.8 Å². The summed E-state index contributed by atoms with van der Waals surface area (Å²) in [5, 5.41) is 109. The third-order valence-corrected chi connectivity index (χ3v) is 28.9. The van der Waals surface area contributed by atoms with E-state index in [-0.39, 0.29) is 30.2 Å². The van der Waals surface area contributed by atoms with Gasteiger partial charge in [0.15, 0.2) is 0 Å². The van der Waals surface area contributed by atoms with Gasteiger partial charge in [0, 0.05) is 58.9 Å². The van der Waals surface area contributed by atoms with Crippen LogP contribution in [0.1, 0.15) is 544 Å². The first-order chi connectivity index (χ1) is 65.6. The highest BCUT2D eigenvalue weighted by molar-refractivity contribution is 5.97. The van der Waals surface area contributed by atoms with Crippen molar-refractivity contribution in [2.24, 2.45) is 0 Å². The minimum atomic E-state index is -0.694. The molecule has 0 bridgehead atoms. The second-order valence-electron chi connectivity index (χ2n) is 42.6. The van der Waals surface area contributed by atoms with Gasteiger partial charge in [-0.2, -0.15) is 0 Å². The average molecular weight is 1920 g/mol. The van der Waals surface area contributed by atoms with E-state index in [1.165, 1.54) is 225 Å². The predicted molar refractivity (Wildman–Crippen MR) is 568 cm³/mol. The van der Waals surface area contributed by atoms with Gasteiger partial charge in [0.05, 0.1) is 54.9 Å². The Morgan fingerprint density at radius 3 is 0.585 bits per heavy atom. The van der Waals surface area contributed by atoms with Crippen LogP contribution in [0.5, 0.6) is 0 Å². The number of nitrogens with one attached hydrogen (secondary N) is 3. The van der Waals surface area contributed by atoms with Gasteiger partial charge in [0.1, 0.15) is 24.2 Å². The lowest BCUT2D eigenvalue weighted by Gasteiger charge is -2.40. The molecule has 0 aromatic rings. The van der Waals surface area contributed by atoms with Crippen molar-refractivity contribution < 1.29 is 65.1 Å². The van der Waals surface area contributed by atoms with Crippen molar-refractivity contribution in [2.45, 2.75) is 623 Å². The quantitative estimate of drug-likeness (QED) is 0.0252. The first-order valence-corrected chi connectivity index (χ1v) is 58.8. The number of piperazine rings is 2. The topological polar surface area (TPSA) is 303 Å². The molecule has 2 heterocycles. The second-order valence-corrected chi connectivity index (χ2v) is 42.6. The third kappa shape index (κ3) is 76.6. The highest BCUT2D eigenvalue weighted by Gasteiger charge is 2.41. The Labute approximate surface area is 832 Å². The Bertz CT molecular complexity index is 2420. The minimum absolute atomic E-state index is 0.107. The molecular weight excluding hydrogens is 1690 g/mol. The summed E-state index contributed by atoms with van der Waals surface area (Å²) in [6.07, 6.45) is 74.9. The van der Waals surface area contributed by atoms with E-state index >= 15 is 0 Å². The van der Waals surface area contributed by atoms with Crippen LogP contribution in [0.4, 0.5) is 0 Å². The highest BCUT2D eigenvalue weighted by atomic mass is 16.3. The van der Waals surface area contributed by atoms with Crippen LogP contribution in [0, 0.1) is 0 Å². The lowest BCUT2D eigenvalue weighted by atomic mass is 9.97. The fourth-order valence-corrected chi connectivity index (χ4v) is 20.2.